The second-order valence-corrected chi connectivity index (χ2v) is 38.3. The number of urea groups is 1. The van der Waals surface area contributed by atoms with Gasteiger partial charge in [0, 0.05) is 76.7 Å². The predicted molar refractivity (Wildman–Crippen MR) is 381 cm³/mol. The van der Waals surface area contributed by atoms with E-state index < -0.39 is 294 Å². The zero-order chi connectivity index (χ0) is 83.6. The van der Waals surface area contributed by atoms with Crippen molar-refractivity contribution in [2.45, 2.75) is 53.9 Å². The molecule has 0 aliphatic rings. The van der Waals surface area contributed by atoms with Crippen molar-refractivity contribution in [2.24, 2.45) is 0 Å². The van der Waals surface area contributed by atoms with Crippen LogP contribution >= 0.6 is 0 Å². The monoisotopic (exact) mass is 1770 g/mol. The minimum Gasteiger partial charge on any atom is -0.321 e. The van der Waals surface area contributed by atoms with Crippen molar-refractivity contribution in [2.75, 3.05) is 31.9 Å². The fourth-order valence-corrected chi connectivity index (χ4v) is 18.7. The fraction of sp³-hybridized carbons (Fsp3) is 0. The smallest absolute Gasteiger partial charge is 0.321 e. The Morgan fingerprint density at radius 1 is 0.214 bits per heavy atom. The van der Waals surface area contributed by atoms with E-state index in [0.717, 1.165) is 12.1 Å². The molecular weight excluding hydrogens is 1730 g/mol. The van der Waals surface area contributed by atoms with Gasteiger partial charge in [0.25, 0.3) is 135 Å². The number of fused-ring (bicyclic) bond motifs is 4. The molecule has 10 aromatic rings. The molecule has 112 heavy (non-hydrogen) atoms. The molecule has 6 amide bonds. The highest BCUT2D eigenvalue weighted by molar-refractivity contribution is 7.89. The molecule has 10 rings (SSSR count). The Morgan fingerprint density at radius 2 is 0.438 bits per heavy atom. The lowest BCUT2D eigenvalue weighted by Crippen LogP contribution is -2.23. The third-order valence-electron chi connectivity index (χ3n) is 15.5. The third-order valence-corrected chi connectivity index (χ3v) is 25.2. The number of amides is 6. The van der Waals surface area contributed by atoms with Crippen molar-refractivity contribution in [3.63, 3.8) is 0 Å². The summed E-state index contributed by atoms with van der Waals surface area (Å²) >= 11 is 0. The molecule has 0 fully saturated rings. The van der Waals surface area contributed by atoms with Crippen LogP contribution in [0.1, 0.15) is 41.4 Å². The van der Waals surface area contributed by atoms with E-state index in [1.165, 1.54) is 0 Å². The molecule has 55 heteroatoms. The maximum absolute atomic E-state index is 14.7. The molecule has 44 nitrogen and oxygen atoms in total. The van der Waals surface area contributed by atoms with Crippen LogP contribution in [0.2, 0.25) is 0 Å². The van der Waals surface area contributed by atoms with Gasteiger partial charge in [0.2, 0.25) is 0 Å². The van der Waals surface area contributed by atoms with Crippen molar-refractivity contribution in [3.05, 3.63) is 162 Å². The number of hydrogen-bond acceptors (Lipinski definition) is 27. The van der Waals surface area contributed by atoms with Gasteiger partial charge in [-0.1, -0.05) is 12.1 Å². The molecule has 0 saturated carbocycles. The van der Waals surface area contributed by atoms with E-state index in [1.807, 2.05) is 10.6 Å². The van der Waals surface area contributed by atoms with E-state index in [2.05, 4.69) is 21.3 Å². The largest absolute Gasteiger partial charge is 0.323 e. The van der Waals surface area contributed by atoms with Crippen LogP contribution in [0.4, 0.5) is 38.9 Å². The van der Waals surface area contributed by atoms with Crippen LogP contribution in [0.15, 0.2) is 193 Å². The van der Waals surface area contributed by atoms with Crippen molar-refractivity contribution in [1.82, 2.24) is 0 Å². The zero-order valence-corrected chi connectivity index (χ0v) is 62.7. The Morgan fingerprint density at radius 3 is 0.661 bits per heavy atom. The Balaban J connectivity index is 1.15. The second kappa shape index (κ2) is 28.6. The molecule has 0 aliphatic heterocycles. The second-order valence-electron chi connectivity index (χ2n) is 22.9. The lowest BCUT2D eigenvalue weighted by Gasteiger charge is -2.17. The highest BCUT2D eigenvalue weighted by atomic mass is 32.3. The molecule has 0 saturated heterocycles. The normalized spacial score (nSPS) is 13.0. The summed E-state index contributed by atoms with van der Waals surface area (Å²) in [6.45, 7) is 0. The number of nitrogens with one attached hydrogen (secondary N) is 6. The van der Waals surface area contributed by atoms with Crippen molar-refractivity contribution in [1.29, 1.82) is 0 Å². The van der Waals surface area contributed by atoms with Gasteiger partial charge in [-0.05, 0) is 127 Å². The Kier molecular flexibility index (Phi) is 21.4. The van der Waals surface area contributed by atoms with Gasteiger partial charge in [0.15, 0.2) is 0 Å². The van der Waals surface area contributed by atoms with Crippen LogP contribution in [-0.4, -0.2) is 172 Å². The summed E-state index contributed by atoms with van der Waals surface area (Å²) in [5.41, 5.74) is -9.22. The van der Waals surface area contributed by atoms with E-state index in [9.17, 15) is 167 Å². The number of hydrogen-bond donors (Lipinski definition) is 17. The summed E-state index contributed by atoms with van der Waals surface area (Å²) in [5, 5.41) is 3.89. The molecule has 0 bridgehead atoms. The van der Waals surface area contributed by atoms with Gasteiger partial charge >= 0.3 is 6.03 Å². The van der Waals surface area contributed by atoms with E-state index in [4.69, 9.17) is 0 Å². The van der Waals surface area contributed by atoms with Crippen molar-refractivity contribution >= 4 is 218 Å². The predicted octanol–water partition coefficient (Wildman–Crippen LogP) is 4.67. The van der Waals surface area contributed by atoms with Crippen LogP contribution in [0.5, 0.6) is 0 Å². The van der Waals surface area contributed by atoms with Gasteiger partial charge in [0.1, 0.15) is 39.2 Å². The summed E-state index contributed by atoms with van der Waals surface area (Å²) in [7, 11) is -61.8. The maximum Gasteiger partial charge on any atom is 0.323 e. The lowest BCUT2D eigenvalue weighted by molar-refractivity contribution is 0.101. The molecule has 0 aromatic heterocycles. The number of carbonyl (C=O) groups excluding carboxylic acids is 5. The Hall–Kier alpha value is -10.6. The highest BCUT2D eigenvalue weighted by Crippen LogP contribution is 2.42. The SMILES string of the molecule is O=C(Nc1cc(C(=O)Nc2ccc(S(=O)(=O)O)c3cccc(S(=O)(=O)O)c23)cc(C(=O)Nc2ccc(S(=O)(=O)O)c3cc(S(=O)(=O)O)cc(S(=O)(=O)O)c23)c1)Nc1cc(C(=O)Nc2ccc(S(=O)(=O)O)c3cc(S(=O)(=O)O)cc(S(=O)(=O)O)c23)cc(C(=O)Nc2ccc(S(=O)(=O)O)c3cc(S(=O)(=O)O)cc(S(=O)(=O)O)c23)c1. The summed E-state index contributed by atoms with van der Waals surface area (Å²) < 4.78 is 389. The molecule has 0 radical (unpaired) electrons. The van der Waals surface area contributed by atoms with E-state index in [1.54, 1.807) is 0 Å². The lowest BCUT2D eigenvalue weighted by atomic mass is 10.0. The molecule has 17 N–H and O–H groups in total. The minimum absolute atomic E-state index is 0.0457. The average Bonchev–Trinajstić information content (AvgIpc) is 0.752. The minimum atomic E-state index is -5.86. The fourth-order valence-electron chi connectivity index (χ4n) is 11.1. The average molecular weight is 1770 g/mol. The maximum atomic E-state index is 14.7. The number of anilines is 6. The van der Waals surface area contributed by atoms with E-state index in [-0.39, 0.29) is 36.4 Å². The molecule has 10 aromatic carbocycles. The number of benzene rings is 10. The molecule has 0 unspecified atom stereocenters. The van der Waals surface area contributed by atoms with Crippen molar-refractivity contribution < 1.29 is 167 Å². The number of rotatable bonds is 21. The van der Waals surface area contributed by atoms with Gasteiger partial charge in [-0.25, -0.2) is 4.79 Å². The first-order valence-corrected chi connectivity index (χ1v) is 44.6. The topological polar surface area (TPSA) is 756 Å². The highest BCUT2D eigenvalue weighted by Gasteiger charge is 2.33. The summed E-state index contributed by atoms with van der Waals surface area (Å²) in [6.07, 6.45) is 0. The van der Waals surface area contributed by atoms with Crippen molar-refractivity contribution in [3.8, 4) is 0 Å². The standard InChI is InChI=1S/C57H40N6O38S11/c64-53(60-37-4-8-41(105(78,79)80)33-2-1-3-45(49(33)37)109(90,91)92)24-12-25(54(65)61-38-5-9-42(106(81,82)83)34-18-30(102(69,70)71)21-46(50(34)38)110(93,94)95)15-28(14-24)58-57(68)59-29-16-26(55(66)62-39-6-10-43(107(84,85)86)35-19-31(103(72,73)74)22-47(51(35)39)111(96,97)98)13-27(17-29)56(67)63-40-7-11-44(108(87,88)89)36-20-32(104(75,76)77)23-48(52(36)40)112(99,100)101/h1-23H,(H,60,64)(H,61,65)(H,62,66)(H,63,67)(H2,58,59,68)(H,69,70,71)(H,72,73,74)(H,75,76,77)(H,78,79,80)(H,81,82,83)(H,84,85,86)(H,87,88,89)(H,90,91,92)(H,93,94,95)(H,96,97,98)(H,99,100,101). The molecule has 0 heterocycles. The third kappa shape index (κ3) is 17.7. The summed E-state index contributed by atoms with van der Waals surface area (Å²) in [6, 6.07) is 9.32. The Labute approximate surface area is 627 Å². The summed E-state index contributed by atoms with van der Waals surface area (Å²) in [5.74, 6) is -6.51. The Bertz CT molecular complexity index is 7150. The first kappa shape index (κ1) is 83.9. The van der Waals surface area contributed by atoms with Crippen LogP contribution in [0, 0.1) is 0 Å². The number of carbonyl (C=O) groups is 5. The van der Waals surface area contributed by atoms with Crippen LogP contribution in [0.3, 0.4) is 0 Å². The van der Waals surface area contributed by atoms with E-state index in [0.29, 0.717) is 91.0 Å². The van der Waals surface area contributed by atoms with Gasteiger partial charge in [-0.2, -0.15) is 92.6 Å². The first-order valence-electron chi connectivity index (χ1n) is 28.8. The van der Waals surface area contributed by atoms with Gasteiger partial charge in [0.05, 0.1) is 37.4 Å². The van der Waals surface area contributed by atoms with E-state index >= 15 is 0 Å². The molecule has 592 valence electrons. The van der Waals surface area contributed by atoms with Gasteiger partial charge in [-0.15, -0.1) is 0 Å². The van der Waals surface area contributed by atoms with Gasteiger partial charge < -0.3 is 31.9 Å². The van der Waals surface area contributed by atoms with Crippen LogP contribution in [0.25, 0.3) is 43.1 Å². The van der Waals surface area contributed by atoms with Crippen LogP contribution in [-0.2, 0) is 111 Å². The van der Waals surface area contributed by atoms with Crippen LogP contribution < -0.4 is 31.9 Å². The first-order chi connectivity index (χ1) is 51.0. The molecule has 0 aliphatic carbocycles. The molecular formula is C57H40N6O38S11. The van der Waals surface area contributed by atoms with Gasteiger partial charge in [-0.3, -0.25) is 69.3 Å². The quantitative estimate of drug-likeness (QED) is 0.0435. The zero-order valence-electron chi connectivity index (χ0n) is 53.7. The molecule has 0 spiro atoms. The molecule has 0 atom stereocenters. The summed E-state index contributed by atoms with van der Waals surface area (Å²) in [4.78, 5) is 57.8.